The van der Waals surface area contributed by atoms with Gasteiger partial charge < -0.3 is 9.47 Å². The average molecular weight is 707 g/mol. The van der Waals surface area contributed by atoms with E-state index in [0.717, 1.165) is 38.9 Å². The zero-order valence-corrected chi connectivity index (χ0v) is 30.4. The molecule has 2 amide bonds. The highest BCUT2D eigenvalue weighted by atomic mass is 35.5. The second kappa shape index (κ2) is 14.1. The number of amides is 2. The van der Waals surface area contributed by atoms with Gasteiger partial charge in [0, 0.05) is 49.8 Å². The highest BCUT2D eigenvalue weighted by Gasteiger charge is 2.43. The Bertz CT molecular complexity index is 2080. The van der Waals surface area contributed by atoms with Crippen molar-refractivity contribution in [3.8, 4) is 5.88 Å². The van der Waals surface area contributed by atoms with Crippen LogP contribution in [-0.4, -0.2) is 66.6 Å². The van der Waals surface area contributed by atoms with Crippen LogP contribution in [0.1, 0.15) is 67.0 Å². The molecular weight excluding hydrogens is 664 g/mol. The molecule has 2 aliphatic heterocycles. The summed E-state index contributed by atoms with van der Waals surface area (Å²) in [7, 11) is 0. The number of cyclic esters (lactones) is 1. The van der Waals surface area contributed by atoms with E-state index in [0.29, 0.717) is 49.0 Å². The number of carbonyl (C=O) groups is 2. The predicted octanol–water partition coefficient (Wildman–Crippen LogP) is 7.34. The minimum absolute atomic E-state index is 0.146. The molecule has 0 aliphatic carbocycles. The topological polar surface area (TPSA) is 103 Å². The van der Waals surface area contributed by atoms with E-state index in [1.807, 2.05) is 62.4 Å². The van der Waals surface area contributed by atoms with Crippen molar-refractivity contribution in [2.24, 2.45) is 5.92 Å². The van der Waals surface area contributed by atoms with Gasteiger partial charge in [-0.05, 0) is 74.1 Å². The van der Waals surface area contributed by atoms with Gasteiger partial charge in [-0.25, -0.2) is 19.4 Å². The normalized spacial score (nSPS) is 18.5. The van der Waals surface area contributed by atoms with Crippen LogP contribution in [0.2, 0.25) is 5.02 Å². The average Bonchev–Trinajstić information content (AvgIpc) is 3.67. The molecule has 1 fully saturated rings. The Kier molecular flexibility index (Phi) is 9.56. The van der Waals surface area contributed by atoms with Gasteiger partial charge in [0.05, 0.1) is 16.6 Å². The first kappa shape index (κ1) is 34.6. The Hall–Kier alpha value is -4.80. The molecule has 2 aromatic heterocycles. The molecule has 51 heavy (non-hydrogen) atoms. The van der Waals surface area contributed by atoms with Gasteiger partial charge in [0.15, 0.2) is 0 Å². The van der Waals surface area contributed by atoms with Crippen LogP contribution in [0.25, 0.3) is 11.0 Å². The molecule has 0 N–H and O–H groups in total. The Labute approximate surface area is 303 Å². The molecule has 0 radical (unpaired) electrons. The van der Waals surface area contributed by atoms with Crippen LogP contribution in [-0.2, 0) is 35.6 Å². The van der Waals surface area contributed by atoms with Crippen LogP contribution >= 0.6 is 11.6 Å². The summed E-state index contributed by atoms with van der Waals surface area (Å²) < 4.78 is 13.6. The molecule has 10 nitrogen and oxygen atoms in total. The lowest BCUT2D eigenvalue weighted by molar-refractivity contribution is -0.133. The number of rotatable bonds is 9. The highest BCUT2D eigenvalue weighted by Crippen LogP contribution is 2.41. The third kappa shape index (κ3) is 6.95. The van der Waals surface area contributed by atoms with Gasteiger partial charge in [0.1, 0.15) is 17.7 Å². The van der Waals surface area contributed by atoms with E-state index in [1.54, 1.807) is 10.9 Å². The smallest absolute Gasteiger partial charge is 0.416 e. The molecule has 0 saturated carbocycles. The summed E-state index contributed by atoms with van der Waals surface area (Å²) in [5.74, 6) is -0.822. The standard InChI is InChI=1S/C40H43ClN6O4/c1-6-46-33-17-16-32(35(41)36(33)43-44-46)34(26(3)38(48)47-31(23-50-39(47)49)19-27-11-8-7-9-12-27)28-15-14-25(2)30(20-28)22-45-21-29-13-10-18-42-37(29)51-40(4,5)24-45/h7-18,20,26,31,34H,6,19,21-24H2,1-5H3/t26-,31-,34+/m1/s1. The van der Waals surface area contributed by atoms with Crippen molar-refractivity contribution in [2.75, 3.05) is 13.2 Å². The first-order valence-corrected chi connectivity index (χ1v) is 17.9. The number of carbonyl (C=O) groups excluding carboxylic acids is 2. The SMILES string of the molecule is CCn1nnc2c(Cl)c([C@H](c3ccc(C)c(CN4Cc5cccnc5OC(C)(C)C4)c3)[C@@H](C)C(=O)N3C(=O)OC[C@H]3Cc3ccccc3)ccc21. The lowest BCUT2D eigenvalue weighted by Crippen LogP contribution is -2.44. The molecule has 0 bridgehead atoms. The summed E-state index contributed by atoms with van der Waals surface area (Å²) in [4.78, 5) is 36.0. The first-order valence-electron chi connectivity index (χ1n) is 17.5. The molecule has 3 atom stereocenters. The fourth-order valence-electron chi connectivity index (χ4n) is 7.53. The minimum atomic E-state index is -0.677. The molecule has 1 saturated heterocycles. The van der Waals surface area contributed by atoms with E-state index in [9.17, 15) is 9.59 Å². The van der Waals surface area contributed by atoms with Gasteiger partial charge in [-0.3, -0.25) is 9.69 Å². The van der Waals surface area contributed by atoms with Crippen molar-refractivity contribution in [2.45, 2.75) is 78.2 Å². The number of benzene rings is 3. The first-order chi connectivity index (χ1) is 24.5. The summed E-state index contributed by atoms with van der Waals surface area (Å²) >= 11 is 7.19. The van der Waals surface area contributed by atoms with Gasteiger partial charge in [-0.2, -0.15) is 0 Å². The molecule has 264 valence electrons. The lowest BCUT2D eigenvalue weighted by atomic mass is 9.79. The molecule has 7 rings (SSSR count). The van der Waals surface area contributed by atoms with E-state index in [1.165, 1.54) is 4.90 Å². The van der Waals surface area contributed by atoms with Crippen LogP contribution in [0.3, 0.4) is 0 Å². The molecule has 0 spiro atoms. The monoisotopic (exact) mass is 706 g/mol. The summed E-state index contributed by atoms with van der Waals surface area (Å²) in [6.07, 6.45) is 1.65. The maximum absolute atomic E-state index is 14.6. The number of aryl methyl sites for hydroxylation is 2. The van der Waals surface area contributed by atoms with E-state index in [4.69, 9.17) is 21.1 Å². The second-order valence-electron chi connectivity index (χ2n) is 14.3. The van der Waals surface area contributed by atoms with Crippen LogP contribution in [0.15, 0.2) is 79.0 Å². The van der Waals surface area contributed by atoms with Crippen LogP contribution in [0.4, 0.5) is 4.79 Å². The van der Waals surface area contributed by atoms with Crippen molar-refractivity contribution in [3.05, 3.63) is 117 Å². The molecular formula is C40H43ClN6O4. The van der Waals surface area contributed by atoms with Crippen molar-refractivity contribution in [3.63, 3.8) is 0 Å². The third-order valence-electron chi connectivity index (χ3n) is 10.0. The number of aromatic nitrogens is 4. The molecule has 4 heterocycles. The second-order valence-corrected chi connectivity index (χ2v) is 14.7. The van der Waals surface area contributed by atoms with Gasteiger partial charge in [0.25, 0.3) is 0 Å². The fourth-order valence-corrected chi connectivity index (χ4v) is 7.85. The van der Waals surface area contributed by atoms with E-state index < -0.39 is 29.6 Å². The number of fused-ring (bicyclic) bond motifs is 2. The summed E-state index contributed by atoms with van der Waals surface area (Å²) in [6, 6.07) is 23.7. The van der Waals surface area contributed by atoms with Crippen molar-refractivity contribution in [1.82, 2.24) is 29.8 Å². The number of ether oxygens (including phenoxy) is 2. The van der Waals surface area contributed by atoms with Crippen LogP contribution in [0.5, 0.6) is 5.88 Å². The molecule has 5 aromatic rings. The number of nitrogens with zero attached hydrogens (tertiary/aromatic N) is 6. The van der Waals surface area contributed by atoms with Gasteiger partial charge in [-0.15, -0.1) is 5.10 Å². The van der Waals surface area contributed by atoms with Crippen LogP contribution < -0.4 is 4.74 Å². The lowest BCUT2D eigenvalue weighted by Gasteiger charge is -2.31. The number of hydrogen-bond donors (Lipinski definition) is 0. The molecule has 3 aromatic carbocycles. The minimum Gasteiger partial charge on any atom is -0.470 e. The summed E-state index contributed by atoms with van der Waals surface area (Å²) in [5.41, 5.74) is 6.93. The zero-order chi connectivity index (χ0) is 35.9. The Morgan fingerprint density at radius 2 is 1.88 bits per heavy atom. The number of hydrogen-bond acceptors (Lipinski definition) is 8. The Balaban J connectivity index is 1.27. The van der Waals surface area contributed by atoms with Crippen LogP contribution in [0, 0.1) is 12.8 Å². The predicted molar refractivity (Wildman–Crippen MR) is 196 cm³/mol. The Morgan fingerprint density at radius 3 is 2.67 bits per heavy atom. The van der Waals surface area contributed by atoms with Crippen molar-refractivity contribution < 1.29 is 19.1 Å². The van der Waals surface area contributed by atoms with Gasteiger partial charge in [-0.1, -0.05) is 84.4 Å². The molecule has 0 unspecified atom stereocenters. The fraction of sp³-hybridized carbons (Fsp3) is 0.375. The quantitative estimate of drug-likeness (QED) is 0.157. The number of halogens is 1. The van der Waals surface area contributed by atoms with E-state index in [2.05, 4.69) is 65.2 Å². The van der Waals surface area contributed by atoms with Gasteiger partial charge in [0.2, 0.25) is 11.8 Å². The van der Waals surface area contributed by atoms with E-state index in [-0.39, 0.29) is 12.5 Å². The largest absolute Gasteiger partial charge is 0.470 e. The Morgan fingerprint density at radius 1 is 1.08 bits per heavy atom. The third-order valence-corrected chi connectivity index (χ3v) is 10.4. The maximum atomic E-state index is 14.6. The van der Waals surface area contributed by atoms with Gasteiger partial charge >= 0.3 is 6.09 Å². The summed E-state index contributed by atoms with van der Waals surface area (Å²) in [5, 5.41) is 9.16. The number of pyridine rings is 1. The molecule has 11 heteroatoms. The van der Waals surface area contributed by atoms with E-state index >= 15 is 0 Å². The maximum Gasteiger partial charge on any atom is 0.416 e. The molecule has 2 aliphatic rings. The number of imide groups is 1. The van der Waals surface area contributed by atoms with Crippen molar-refractivity contribution in [1.29, 1.82) is 0 Å². The zero-order valence-electron chi connectivity index (χ0n) is 29.7. The summed E-state index contributed by atoms with van der Waals surface area (Å²) in [6.45, 7) is 13.0. The van der Waals surface area contributed by atoms with Crippen molar-refractivity contribution >= 4 is 34.6 Å². The highest BCUT2D eigenvalue weighted by molar-refractivity contribution is 6.35.